The van der Waals surface area contributed by atoms with Crippen LogP contribution in [0.2, 0.25) is 0 Å². The molecule has 4 N–H and O–H groups in total. The van der Waals surface area contributed by atoms with Gasteiger partial charge in [0.05, 0.1) is 24.2 Å². The van der Waals surface area contributed by atoms with E-state index in [0.29, 0.717) is 25.7 Å². The first kappa shape index (κ1) is 40.2. The molecule has 0 amide bonds. The van der Waals surface area contributed by atoms with Crippen molar-refractivity contribution >= 4 is 23.3 Å². The van der Waals surface area contributed by atoms with E-state index in [0.717, 1.165) is 32.1 Å². The van der Waals surface area contributed by atoms with Crippen molar-refractivity contribution in [3.8, 4) is 0 Å². The fraction of sp³-hybridized carbons (Fsp3) is 0.429. The van der Waals surface area contributed by atoms with Crippen molar-refractivity contribution in [2.75, 3.05) is 6.61 Å². The summed E-state index contributed by atoms with van der Waals surface area (Å²) in [6, 6.07) is 23.0. The van der Waals surface area contributed by atoms with E-state index in [2.05, 4.69) is 6.92 Å². The Bertz CT molecular complexity index is 1470. The third kappa shape index (κ3) is 9.93. The van der Waals surface area contributed by atoms with Crippen LogP contribution >= 0.6 is 0 Å². The fourth-order valence-electron chi connectivity index (χ4n) is 6.86. The van der Waals surface area contributed by atoms with Crippen LogP contribution in [0.5, 0.6) is 0 Å². The minimum Gasteiger partial charge on any atom is -0.480 e. The molecule has 3 atom stereocenters. The van der Waals surface area contributed by atoms with Crippen molar-refractivity contribution in [2.45, 2.75) is 96.2 Å². The maximum absolute atomic E-state index is 14.9. The molecule has 0 spiro atoms. The molecule has 0 radical (unpaired) electrons. The predicted octanol–water partition coefficient (Wildman–Crippen LogP) is 7.66. The molecule has 3 aromatic rings. The van der Waals surface area contributed by atoms with Crippen LogP contribution in [0.25, 0.3) is 0 Å². The Hall–Kier alpha value is -4.24. The van der Waals surface area contributed by atoms with E-state index in [1.165, 1.54) is 36.4 Å². The molecule has 268 valence electrons. The number of allylic oxidation sites excluding steroid dienone is 1. The summed E-state index contributed by atoms with van der Waals surface area (Å²) in [4.78, 5) is 58.4. The van der Waals surface area contributed by atoms with Gasteiger partial charge in [-0.05, 0) is 38.5 Å². The van der Waals surface area contributed by atoms with Crippen molar-refractivity contribution in [1.82, 2.24) is 0 Å². The Morgan fingerprint density at radius 3 is 1.62 bits per heavy atom. The highest BCUT2D eigenvalue weighted by atomic mass is 16.4. The van der Waals surface area contributed by atoms with Crippen LogP contribution in [0.4, 0.5) is 0 Å². The van der Waals surface area contributed by atoms with Gasteiger partial charge < -0.3 is 20.4 Å². The highest BCUT2D eigenvalue weighted by Gasteiger charge is 2.69. The topological polar surface area (TPSA) is 149 Å². The zero-order valence-electron chi connectivity index (χ0n) is 29.1. The molecule has 0 heterocycles. The number of ketones is 3. The normalized spacial score (nSPS) is 14.2. The van der Waals surface area contributed by atoms with Gasteiger partial charge in [0.1, 0.15) is 0 Å². The van der Waals surface area contributed by atoms with E-state index in [4.69, 9.17) is 0 Å². The summed E-state index contributed by atoms with van der Waals surface area (Å²) in [7, 11) is 0. The van der Waals surface area contributed by atoms with E-state index >= 15 is 0 Å². The Morgan fingerprint density at radius 2 is 1.14 bits per heavy atom. The van der Waals surface area contributed by atoms with Crippen LogP contribution in [-0.2, 0) is 4.79 Å². The Morgan fingerprint density at radius 1 is 0.640 bits per heavy atom. The summed E-state index contributed by atoms with van der Waals surface area (Å²) in [5.41, 5.74) is -5.34. The van der Waals surface area contributed by atoms with Crippen LogP contribution in [-0.4, -0.2) is 62.6 Å². The number of carbonyl (C=O) groups excluding carboxylic acids is 3. The van der Waals surface area contributed by atoms with Crippen LogP contribution in [0.3, 0.4) is 0 Å². The molecule has 3 rings (SSSR count). The lowest BCUT2D eigenvalue weighted by molar-refractivity contribution is -0.149. The van der Waals surface area contributed by atoms with Gasteiger partial charge in [-0.1, -0.05) is 149 Å². The fourth-order valence-corrected chi connectivity index (χ4v) is 6.86. The molecular formula is C42H52O8. The number of rotatable bonds is 24. The largest absolute Gasteiger partial charge is 0.480 e. The SMILES string of the molecule is CCCCCC[C@@H](O)CC=CCCCCCC(CC(O)CO)(C(=O)c1ccccc1)C(C(=O)O)(C(=O)c1ccccc1)C(=O)c1ccccc1. The maximum Gasteiger partial charge on any atom is 0.326 e. The third-order valence-corrected chi connectivity index (χ3v) is 9.50. The van der Waals surface area contributed by atoms with Gasteiger partial charge in [0.25, 0.3) is 0 Å². The second-order valence-electron chi connectivity index (χ2n) is 13.1. The summed E-state index contributed by atoms with van der Waals surface area (Å²) >= 11 is 0. The lowest BCUT2D eigenvalue weighted by Crippen LogP contribution is -2.62. The molecule has 0 saturated heterocycles. The number of carboxylic acid groups (broad SMARTS) is 1. The zero-order valence-corrected chi connectivity index (χ0v) is 29.1. The Balaban J connectivity index is 2.07. The first-order valence-corrected chi connectivity index (χ1v) is 17.8. The predicted molar refractivity (Wildman–Crippen MR) is 194 cm³/mol. The van der Waals surface area contributed by atoms with E-state index in [1.54, 1.807) is 54.6 Å². The second-order valence-corrected chi connectivity index (χ2v) is 13.1. The summed E-state index contributed by atoms with van der Waals surface area (Å²) in [5, 5.41) is 42.6. The molecule has 8 nitrogen and oxygen atoms in total. The molecule has 0 aliphatic rings. The van der Waals surface area contributed by atoms with E-state index in [-0.39, 0.29) is 35.6 Å². The van der Waals surface area contributed by atoms with Crippen LogP contribution < -0.4 is 0 Å². The standard InChI is InChI=1S/C42H52O8/c1-2-3-4-18-27-35(44)28-19-7-5-6-8-20-29-41(30-36(45)31-43,37(46)32-21-12-9-13-22-32)42(40(49)50,38(47)33-23-14-10-15-24-33)39(48)34-25-16-11-17-26-34/h7,9-17,19,21-26,35-36,43-45H,2-6,8,18,20,27-31H2,1H3,(H,49,50)/t35-,36?,41?/m1/s1. The summed E-state index contributed by atoms with van der Waals surface area (Å²) < 4.78 is 0. The molecule has 0 saturated carbocycles. The van der Waals surface area contributed by atoms with Crippen LogP contribution in [0, 0.1) is 10.8 Å². The summed E-state index contributed by atoms with van der Waals surface area (Å²) in [5.74, 6) is -4.70. The molecule has 0 bridgehead atoms. The zero-order chi connectivity index (χ0) is 36.4. The van der Waals surface area contributed by atoms with Gasteiger partial charge >= 0.3 is 5.97 Å². The van der Waals surface area contributed by atoms with Gasteiger partial charge in [-0.2, -0.15) is 0 Å². The van der Waals surface area contributed by atoms with Gasteiger partial charge in [-0.3, -0.25) is 19.2 Å². The van der Waals surface area contributed by atoms with Gasteiger partial charge in [0.2, 0.25) is 5.41 Å². The molecule has 0 aromatic heterocycles. The lowest BCUT2D eigenvalue weighted by atomic mass is 9.50. The molecule has 50 heavy (non-hydrogen) atoms. The molecule has 2 unspecified atom stereocenters. The number of carbonyl (C=O) groups is 4. The Kier molecular flexibility index (Phi) is 16.4. The molecule has 8 heteroatoms. The highest BCUT2D eigenvalue weighted by molar-refractivity contribution is 6.34. The number of unbranched alkanes of at least 4 members (excludes halogenated alkanes) is 6. The van der Waals surface area contributed by atoms with Gasteiger partial charge in [0.15, 0.2) is 17.3 Å². The van der Waals surface area contributed by atoms with Crippen LogP contribution in [0.1, 0.15) is 115 Å². The monoisotopic (exact) mass is 684 g/mol. The van der Waals surface area contributed by atoms with Crippen molar-refractivity contribution < 1.29 is 39.6 Å². The third-order valence-electron chi connectivity index (χ3n) is 9.50. The number of benzene rings is 3. The molecule has 0 aliphatic heterocycles. The summed E-state index contributed by atoms with van der Waals surface area (Å²) in [6.45, 7) is 1.34. The van der Waals surface area contributed by atoms with E-state index in [1.807, 2.05) is 12.2 Å². The number of Topliss-reactive ketones (excluding diaryl/α,β-unsaturated/α-hetero) is 3. The molecule has 0 fully saturated rings. The minimum absolute atomic E-state index is 0.0689. The van der Waals surface area contributed by atoms with E-state index < -0.39 is 53.3 Å². The number of aliphatic hydroxyl groups is 3. The number of carboxylic acids is 1. The number of aliphatic hydroxyl groups excluding tert-OH is 3. The number of hydrogen-bond donors (Lipinski definition) is 4. The minimum atomic E-state index is -2.99. The smallest absolute Gasteiger partial charge is 0.326 e. The molecule has 3 aromatic carbocycles. The summed E-state index contributed by atoms with van der Waals surface area (Å²) in [6.07, 6.45) is 8.94. The van der Waals surface area contributed by atoms with Gasteiger partial charge in [0, 0.05) is 16.7 Å². The van der Waals surface area contributed by atoms with E-state index in [9.17, 15) is 39.6 Å². The van der Waals surface area contributed by atoms with Crippen molar-refractivity contribution in [1.29, 1.82) is 0 Å². The van der Waals surface area contributed by atoms with Gasteiger partial charge in [-0.25, -0.2) is 0 Å². The second kappa shape index (κ2) is 20.4. The Labute approximate surface area is 295 Å². The average Bonchev–Trinajstić information content (AvgIpc) is 3.14. The average molecular weight is 685 g/mol. The molecule has 0 aliphatic carbocycles. The quantitative estimate of drug-likeness (QED) is 0.0325. The lowest BCUT2D eigenvalue weighted by Gasteiger charge is -2.46. The maximum atomic E-state index is 14.9. The number of hydrogen-bond acceptors (Lipinski definition) is 7. The van der Waals surface area contributed by atoms with Crippen LogP contribution in [0.15, 0.2) is 103 Å². The molecular weight excluding hydrogens is 632 g/mol. The van der Waals surface area contributed by atoms with Crippen molar-refractivity contribution in [2.24, 2.45) is 10.8 Å². The van der Waals surface area contributed by atoms with Gasteiger partial charge in [-0.15, -0.1) is 0 Å². The highest BCUT2D eigenvalue weighted by Crippen LogP contribution is 2.53. The first-order valence-electron chi connectivity index (χ1n) is 17.8. The number of aliphatic carboxylic acids is 1. The van der Waals surface area contributed by atoms with Crippen molar-refractivity contribution in [3.05, 3.63) is 120 Å². The van der Waals surface area contributed by atoms with Crippen molar-refractivity contribution in [3.63, 3.8) is 0 Å². The first-order chi connectivity index (χ1) is 24.1.